The van der Waals surface area contributed by atoms with Crippen molar-refractivity contribution in [2.24, 2.45) is 12.1 Å². The lowest BCUT2D eigenvalue weighted by molar-refractivity contribution is -0.113. The third-order valence-electron chi connectivity index (χ3n) is 4.33. The number of pyridine rings is 1. The van der Waals surface area contributed by atoms with Gasteiger partial charge in [0.25, 0.3) is 0 Å². The summed E-state index contributed by atoms with van der Waals surface area (Å²) >= 11 is 0. The van der Waals surface area contributed by atoms with E-state index in [9.17, 15) is 13.6 Å². The van der Waals surface area contributed by atoms with Crippen LogP contribution in [-0.4, -0.2) is 46.0 Å². The van der Waals surface area contributed by atoms with Crippen molar-refractivity contribution in [3.8, 4) is 11.5 Å². The van der Waals surface area contributed by atoms with Gasteiger partial charge in [0, 0.05) is 31.6 Å². The average molecular weight is 401 g/mol. The average Bonchev–Trinajstić information content (AvgIpc) is 3.13. The molecule has 8 nitrogen and oxygen atoms in total. The predicted molar refractivity (Wildman–Crippen MR) is 101 cm³/mol. The number of aryl methyl sites for hydroxylation is 1. The van der Waals surface area contributed by atoms with Crippen molar-refractivity contribution in [2.45, 2.75) is 13.0 Å². The van der Waals surface area contributed by atoms with Crippen LogP contribution in [0.15, 0.2) is 48.0 Å². The van der Waals surface area contributed by atoms with E-state index < -0.39 is 6.61 Å². The molecule has 3 heterocycles. The lowest BCUT2D eigenvalue weighted by Gasteiger charge is -2.23. The van der Waals surface area contributed by atoms with E-state index in [1.807, 2.05) is 6.20 Å². The van der Waals surface area contributed by atoms with Gasteiger partial charge in [-0.3, -0.25) is 19.5 Å². The molecule has 1 aromatic carbocycles. The molecule has 29 heavy (non-hydrogen) atoms. The fourth-order valence-corrected chi connectivity index (χ4v) is 2.94. The van der Waals surface area contributed by atoms with Crippen LogP contribution in [0.2, 0.25) is 0 Å². The number of aromatic nitrogens is 3. The smallest absolute Gasteiger partial charge is 0.387 e. The van der Waals surface area contributed by atoms with Crippen molar-refractivity contribution < 1.29 is 23.0 Å². The quantitative estimate of drug-likeness (QED) is 0.632. The van der Waals surface area contributed by atoms with Crippen LogP contribution in [0.5, 0.6) is 11.5 Å². The number of ketones is 1. The van der Waals surface area contributed by atoms with E-state index in [-0.39, 0.29) is 18.1 Å². The van der Waals surface area contributed by atoms with E-state index in [1.165, 1.54) is 12.3 Å². The van der Waals surface area contributed by atoms with Crippen molar-refractivity contribution >= 4 is 28.1 Å². The van der Waals surface area contributed by atoms with E-state index >= 15 is 0 Å². The van der Waals surface area contributed by atoms with Crippen molar-refractivity contribution in [3.05, 3.63) is 42.9 Å². The van der Waals surface area contributed by atoms with Gasteiger partial charge >= 0.3 is 6.61 Å². The molecule has 0 fully saturated rings. The Morgan fingerprint density at radius 3 is 2.79 bits per heavy atom. The molecular weight excluding hydrogens is 384 g/mol. The van der Waals surface area contributed by atoms with Gasteiger partial charge in [-0.2, -0.15) is 19.0 Å². The number of hydrazone groups is 1. The topological polar surface area (TPSA) is 81.8 Å². The largest absolute Gasteiger partial charge is 0.487 e. The van der Waals surface area contributed by atoms with Crippen LogP contribution in [0.4, 0.5) is 14.5 Å². The fourth-order valence-electron chi connectivity index (χ4n) is 2.94. The fraction of sp³-hybridized carbons (Fsp3) is 0.263. The molecule has 0 aliphatic carbocycles. The minimum absolute atomic E-state index is 0.0121. The Morgan fingerprint density at radius 2 is 2.03 bits per heavy atom. The van der Waals surface area contributed by atoms with Crippen LogP contribution in [0.3, 0.4) is 0 Å². The van der Waals surface area contributed by atoms with Gasteiger partial charge in [-0.05, 0) is 24.3 Å². The number of fused-ring (bicyclic) bond motifs is 1. The number of alkyl halides is 2. The molecule has 0 bridgehead atoms. The molecule has 10 heteroatoms. The van der Waals surface area contributed by atoms with E-state index in [2.05, 4.69) is 19.9 Å². The molecule has 4 rings (SSSR count). The van der Waals surface area contributed by atoms with Crippen molar-refractivity contribution in [2.75, 3.05) is 18.2 Å². The van der Waals surface area contributed by atoms with Crippen LogP contribution in [-0.2, 0) is 11.8 Å². The summed E-state index contributed by atoms with van der Waals surface area (Å²) in [6.45, 7) is -2.46. The van der Waals surface area contributed by atoms with Gasteiger partial charge in [-0.15, -0.1) is 0 Å². The van der Waals surface area contributed by atoms with Crippen molar-refractivity contribution in [3.63, 3.8) is 0 Å². The number of hydrogen-bond donors (Lipinski definition) is 0. The normalized spacial score (nSPS) is 14.4. The van der Waals surface area contributed by atoms with Gasteiger partial charge < -0.3 is 9.47 Å². The molecule has 3 aromatic rings. The summed E-state index contributed by atoms with van der Waals surface area (Å²) in [6, 6.07) is 6.49. The van der Waals surface area contributed by atoms with Crippen molar-refractivity contribution in [1.82, 2.24) is 14.8 Å². The minimum atomic E-state index is -2.92. The molecule has 0 saturated heterocycles. The zero-order valence-corrected chi connectivity index (χ0v) is 15.5. The first-order valence-corrected chi connectivity index (χ1v) is 8.82. The summed E-state index contributed by atoms with van der Waals surface area (Å²) in [4.78, 5) is 16.3. The zero-order valence-electron chi connectivity index (χ0n) is 15.5. The number of anilines is 1. The summed E-state index contributed by atoms with van der Waals surface area (Å²) < 4.78 is 36.5. The number of carbonyl (C=O) groups excluding carboxylic acids is 1. The molecule has 1 aliphatic rings. The van der Waals surface area contributed by atoms with Gasteiger partial charge in [-0.25, -0.2) is 0 Å². The maximum atomic E-state index is 12.4. The van der Waals surface area contributed by atoms with Crippen LogP contribution in [0.1, 0.15) is 6.42 Å². The number of carbonyl (C=O) groups is 1. The highest BCUT2D eigenvalue weighted by molar-refractivity contribution is 6.41. The van der Waals surface area contributed by atoms with Gasteiger partial charge in [-0.1, -0.05) is 0 Å². The molecular formula is C19H17F2N5O3. The summed E-state index contributed by atoms with van der Waals surface area (Å²) in [5.74, 6) is 0.339. The number of rotatable bonds is 6. The number of nitrogens with zero attached hydrogens (tertiary/aromatic N) is 5. The maximum Gasteiger partial charge on any atom is 0.387 e. The molecule has 0 spiro atoms. The summed E-state index contributed by atoms with van der Waals surface area (Å²) in [7, 11) is 1.80. The minimum Gasteiger partial charge on any atom is -0.487 e. The molecule has 0 N–H and O–H groups in total. The predicted octanol–water partition coefficient (Wildman–Crippen LogP) is 2.78. The molecule has 0 saturated carbocycles. The van der Waals surface area contributed by atoms with Crippen LogP contribution in [0, 0.1) is 0 Å². The Bertz CT molecular complexity index is 1080. The zero-order chi connectivity index (χ0) is 20.4. The highest BCUT2D eigenvalue weighted by Crippen LogP contribution is 2.24. The summed E-state index contributed by atoms with van der Waals surface area (Å²) in [6.07, 6.45) is 5.05. The van der Waals surface area contributed by atoms with Crippen LogP contribution >= 0.6 is 0 Å². The van der Waals surface area contributed by atoms with E-state index in [0.717, 1.165) is 5.69 Å². The van der Waals surface area contributed by atoms with Crippen LogP contribution < -0.4 is 14.5 Å². The van der Waals surface area contributed by atoms with E-state index in [1.54, 1.807) is 41.1 Å². The first-order chi connectivity index (χ1) is 14.0. The van der Waals surface area contributed by atoms with E-state index in [0.29, 0.717) is 35.3 Å². The number of Topliss-reactive ketones (excluding diaryl/α,β-unsaturated/α-hetero) is 1. The highest BCUT2D eigenvalue weighted by atomic mass is 19.3. The first kappa shape index (κ1) is 18.8. The molecule has 150 valence electrons. The number of halogens is 2. The third kappa shape index (κ3) is 4.31. The van der Waals surface area contributed by atoms with Gasteiger partial charge in [0.1, 0.15) is 23.8 Å². The SMILES string of the molecule is Cn1cc(N2CCC(=O)C(COc3ccc4ncc(OC(F)F)cc4c3)=N2)cn1. The second-order valence-corrected chi connectivity index (χ2v) is 6.41. The summed E-state index contributed by atoms with van der Waals surface area (Å²) in [5.41, 5.74) is 1.70. The Morgan fingerprint density at radius 1 is 1.21 bits per heavy atom. The number of ether oxygens (including phenoxy) is 2. The molecule has 0 unspecified atom stereocenters. The van der Waals surface area contributed by atoms with Crippen LogP contribution in [0.25, 0.3) is 10.9 Å². The maximum absolute atomic E-state index is 12.4. The van der Waals surface area contributed by atoms with Crippen molar-refractivity contribution in [1.29, 1.82) is 0 Å². The first-order valence-electron chi connectivity index (χ1n) is 8.82. The Balaban J connectivity index is 1.50. The highest BCUT2D eigenvalue weighted by Gasteiger charge is 2.22. The van der Waals surface area contributed by atoms with Gasteiger partial charge in [0.15, 0.2) is 5.78 Å². The molecule has 1 aliphatic heterocycles. The second kappa shape index (κ2) is 7.82. The Labute approximate surface area is 164 Å². The molecule has 0 amide bonds. The monoisotopic (exact) mass is 401 g/mol. The second-order valence-electron chi connectivity index (χ2n) is 6.41. The Kier molecular flexibility index (Phi) is 5.07. The molecule has 2 aromatic heterocycles. The van der Waals surface area contributed by atoms with Gasteiger partial charge in [0.2, 0.25) is 0 Å². The van der Waals surface area contributed by atoms with Gasteiger partial charge in [0.05, 0.1) is 23.6 Å². The molecule has 0 atom stereocenters. The Hall–Kier alpha value is -3.56. The lowest BCUT2D eigenvalue weighted by Crippen LogP contribution is -2.35. The summed E-state index contributed by atoms with van der Waals surface area (Å²) in [5, 5.41) is 10.8. The number of benzene rings is 1. The molecule has 0 radical (unpaired) electrons. The number of hydrogen-bond acceptors (Lipinski definition) is 7. The van der Waals surface area contributed by atoms with E-state index in [4.69, 9.17) is 4.74 Å². The lowest BCUT2D eigenvalue weighted by atomic mass is 10.1. The third-order valence-corrected chi connectivity index (χ3v) is 4.33. The standard InChI is InChI=1S/C19H17F2N5O3/c1-25-10-13(8-23-25)26-5-4-18(27)17(24-26)11-28-14-2-3-16-12(6-14)7-15(9-22-16)29-19(20)21/h2-3,6-10,19H,4-5,11H2,1H3.